The van der Waals surface area contributed by atoms with E-state index in [2.05, 4.69) is 27.4 Å². The minimum atomic E-state index is -0.564. The van der Waals surface area contributed by atoms with E-state index in [1.807, 2.05) is 23.0 Å². The highest BCUT2D eigenvalue weighted by atomic mass is 35.5. The number of likely N-dealkylation sites (tertiary alicyclic amines) is 1. The molecule has 4 N–H and O–H groups in total. The number of piperidine rings is 1. The minimum Gasteiger partial charge on any atom is -0.378 e. The summed E-state index contributed by atoms with van der Waals surface area (Å²) in [5, 5.41) is 18.2. The monoisotopic (exact) mass is 587 g/mol. The third-order valence-corrected chi connectivity index (χ3v) is 7.74. The second-order valence-electron chi connectivity index (χ2n) is 10.1. The zero-order valence-corrected chi connectivity index (χ0v) is 24.0. The average molecular weight is 589 g/mol. The van der Waals surface area contributed by atoms with Crippen molar-refractivity contribution in [3.8, 4) is 11.1 Å². The number of amides is 1. The van der Waals surface area contributed by atoms with E-state index in [-0.39, 0.29) is 17.4 Å². The van der Waals surface area contributed by atoms with Gasteiger partial charge in [0.25, 0.3) is 5.91 Å². The van der Waals surface area contributed by atoms with Crippen molar-refractivity contribution in [2.75, 3.05) is 37.2 Å². The molecular weight excluding hydrogens is 553 g/mol. The third-order valence-electron chi connectivity index (χ3n) is 7.19. The predicted molar refractivity (Wildman–Crippen MR) is 160 cm³/mol. The summed E-state index contributed by atoms with van der Waals surface area (Å²) in [5.41, 5.74) is 7.47. The largest absolute Gasteiger partial charge is 0.378 e. The van der Waals surface area contributed by atoms with Gasteiger partial charge in [0.05, 0.1) is 10.5 Å². The van der Waals surface area contributed by atoms with Crippen LogP contribution in [0.5, 0.6) is 0 Å². The van der Waals surface area contributed by atoms with Crippen molar-refractivity contribution < 1.29 is 9.72 Å². The van der Waals surface area contributed by atoms with Crippen LogP contribution in [0.2, 0.25) is 10.0 Å². The van der Waals surface area contributed by atoms with E-state index in [9.17, 15) is 14.9 Å². The Morgan fingerprint density at radius 1 is 1.12 bits per heavy atom. The van der Waals surface area contributed by atoms with Crippen LogP contribution in [0, 0.1) is 10.1 Å². The molecule has 1 aliphatic rings. The van der Waals surface area contributed by atoms with Crippen molar-refractivity contribution >= 4 is 46.4 Å². The first kappa shape index (κ1) is 29.6. The number of nitrogens with zero attached hydrogens (tertiary/aromatic N) is 4. The number of carbonyl (C=O) groups excluding carboxylic acids is 1. The molecule has 12 heteroatoms. The standard InChI is InChI=1S/C28H35Cl2N7O3/c1-19-6-2-3-14-36(19)15-5-12-33-28(38)23-18-35(17-22(23)21-8-7-20(29)16-24(21)30)13-4-11-32-26-10-9-25(37(39)40)27(31)34-26/h7-10,16-19H,2-6,11-15H2,1H3,(H,33,38)(H3,31,32,34). The summed E-state index contributed by atoms with van der Waals surface area (Å²) < 4.78 is 1.96. The quantitative estimate of drug-likeness (QED) is 0.138. The lowest BCUT2D eigenvalue weighted by atomic mass is 10.0. The second-order valence-corrected chi connectivity index (χ2v) is 10.9. The van der Waals surface area contributed by atoms with Crippen molar-refractivity contribution in [2.45, 2.75) is 51.6 Å². The summed E-state index contributed by atoms with van der Waals surface area (Å²) in [6.07, 6.45) is 9.12. The molecule has 10 nitrogen and oxygen atoms in total. The van der Waals surface area contributed by atoms with E-state index in [4.69, 9.17) is 28.9 Å². The van der Waals surface area contributed by atoms with Gasteiger partial charge in [-0.25, -0.2) is 4.98 Å². The van der Waals surface area contributed by atoms with Gasteiger partial charge in [0.1, 0.15) is 5.82 Å². The van der Waals surface area contributed by atoms with Crippen LogP contribution in [0.4, 0.5) is 17.3 Å². The van der Waals surface area contributed by atoms with Gasteiger partial charge in [-0.05, 0) is 57.4 Å². The first-order valence-corrected chi connectivity index (χ1v) is 14.3. The van der Waals surface area contributed by atoms with E-state index in [0.717, 1.165) is 30.6 Å². The lowest BCUT2D eigenvalue weighted by Crippen LogP contribution is -2.39. The van der Waals surface area contributed by atoms with Gasteiger partial charge < -0.3 is 25.8 Å². The summed E-state index contributed by atoms with van der Waals surface area (Å²) in [6.45, 7) is 6.14. The number of aromatic nitrogens is 2. The highest BCUT2D eigenvalue weighted by Crippen LogP contribution is 2.33. The maximum atomic E-state index is 13.3. The normalized spacial score (nSPS) is 15.6. The molecular formula is C28H35Cl2N7O3. The van der Waals surface area contributed by atoms with Crippen LogP contribution in [0.1, 0.15) is 49.4 Å². The number of nitrogens with two attached hydrogens (primary N) is 1. The predicted octanol–water partition coefficient (Wildman–Crippen LogP) is 5.84. The van der Waals surface area contributed by atoms with E-state index in [1.165, 1.54) is 31.4 Å². The molecule has 3 heterocycles. The Hall–Kier alpha value is -3.34. The number of hydrogen-bond acceptors (Lipinski definition) is 7. The molecule has 3 aromatic rings. The van der Waals surface area contributed by atoms with Gasteiger partial charge >= 0.3 is 5.69 Å². The van der Waals surface area contributed by atoms with Gasteiger partial charge in [0.2, 0.25) is 5.82 Å². The van der Waals surface area contributed by atoms with Crippen LogP contribution in [0.25, 0.3) is 11.1 Å². The van der Waals surface area contributed by atoms with Crippen LogP contribution in [0.15, 0.2) is 42.7 Å². The Morgan fingerprint density at radius 3 is 2.65 bits per heavy atom. The number of halogens is 2. The van der Waals surface area contributed by atoms with Gasteiger partial charge in [-0.15, -0.1) is 0 Å². The topological polar surface area (TPSA) is 131 Å². The van der Waals surface area contributed by atoms with Gasteiger partial charge in [-0.1, -0.05) is 35.7 Å². The number of nitrogens with one attached hydrogen (secondary N) is 2. The molecule has 1 amide bonds. The fourth-order valence-corrected chi connectivity index (χ4v) is 5.52. The van der Waals surface area contributed by atoms with Crippen LogP contribution >= 0.6 is 23.2 Å². The molecule has 0 aliphatic carbocycles. The maximum absolute atomic E-state index is 13.3. The number of pyridine rings is 1. The van der Waals surface area contributed by atoms with Gasteiger partial charge in [-0.2, -0.15) is 0 Å². The van der Waals surface area contributed by atoms with Gasteiger partial charge in [-0.3, -0.25) is 14.9 Å². The molecule has 1 fully saturated rings. The molecule has 0 bridgehead atoms. The Balaban J connectivity index is 1.39. The van der Waals surface area contributed by atoms with Crippen LogP contribution < -0.4 is 16.4 Å². The number of anilines is 2. The molecule has 2 aromatic heterocycles. The fraction of sp³-hybridized carbons (Fsp3) is 0.429. The van der Waals surface area contributed by atoms with Crippen LogP contribution in [-0.2, 0) is 6.54 Å². The molecule has 214 valence electrons. The molecule has 0 saturated carbocycles. The number of nitrogen functional groups attached to an aromatic ring is 1. The van der Waals surface area contributed by atoms with Crippen molar-refractivity contribution in [3.63, 3.8) is 0 Å². The van der Waals surface area contributed by atoms with Crippen molar-refractivity contribution in [1.82, 2.24) is 19.8 Å². The number of nitro groups is 1. The smallest absolute Gasteiger partial charge is 0.311 e. The van der Waals surface area contributed by atoms with Gasteiger partial charge in [0.15, 0.2) is 0 Å². The fourth-order valence-electron chi connectivity index (χ4n) is 5.01. The molecule has 40 heavy (non-hydrogen) atoms. The zero-order valence-electron chi connectivity index (χ0n) is 22.5. The summed E-state index contributed by atoms with van der Waals surface area (Å²) >= 11 is 12.6. The van der Waals surface area contributed by atoms with Crippen LogP contribution in [-0.4, -0.2) is 57.5 Å². The third kappa shape index (κ3) is 7.65. The molecule has 1 saturated heterocycles. The lowest BCUT2D eigenvalue weighted by molar-refractivity contribution is -0.384. The molecule has 1 atom stereocenters. The number of rotatable bonds is 12. The summed E-state index contributed by atoms with van der Waals surface area (Å²) in [4.78, 5) is 30.2. The second kappa shape index (κ2) is 13.8. The van der Waals surface area contributed by atoms with E-state index in [1.54, 1.807) is 12.1 Å². The SMILES string of the molecule is CC1CCCCN1CCCNC(=O)c1cn(CCCNc2ccc([N+](=O)[O-])c(N)n2)cc1-c1ccc(Cl)cc1Cl. The number of hydrogen-bond donors (Lipinski definition) is 3. The summed E-state index contributed by atoms with van der Waals surface area (Å²) in [7, 11) is 0. The highest BCUT2D eigenvalue weighted by Gasteiger charge is 2.20. The van der Waals surface area contributed by atoms with Crippen molar-refractivity contribution in [2.24, 2.45) is 0 Å². The number of carbonyl (C=O) groups is 1. The minimum absolute atomic E-state index is 0.133. The first-order chi connectivity index (χ1) is 19.2. The van der Waals surface area contributed by atoms with Gasteiger partial charge in [0, 0.05) is 71.9 Å². The van der Waals surface area contributed by atoms with E-state index < -0.39 is 4.92 Å². The first-order valence-electron chi connectivity index (χ1n) is 13.5. The Morgan fingerprint density at radius 2 is 1.93 bits per heavy atom. The van der Waals surface area contributed by atoms with E-state index >= 15 is 0 Å². The molecule has 0 spiro atoms. The zero-order chi connectivity index (χ0) is 28.6. The summed E-state index contributed by atoms with van der Waals surface area (Å²) in [6, 6.07) is 8.71. The van der Waals surface area contributed by atoms with Crippen molar-refractivity contribution in [1.29, 1.82) is 0 Å². The summed E-state index contributed by atoms with van der Waals surface area (Å²) in [5.74, 6) is 0.185. The maximum Gasteiger partial charge on any atom is 0.311 e. The molecule has 1 unspecified atom stereocenters. The number of benzene rings is 1. The molecule has 1 aromatic carbocycles. The molecule has 1 aliphatic heterocycles. The van der Waals surface area contributed by atoms with E-state index in [0.29, 0.717) is 53.5 Å². The number of aryl methyl sites for hydroxylation is 1. The molecule has 0 radical (unpaired) electrons. The Bertz CT molecular complexity index is 1350. The Labute approximate surface area is 244 Å². The van der Waals surface area contributed by atoms with Crippen molar-refractivity contribution in [3.05, 3.63) is 68.4 Å². The average Bonchev–Trinajstić information content (AvgIpc) is 3.33. The molecule has 4 rings (SSSR count). The van der Waals surface area contributed by atoms with Crippen LogP contribution in [0.3, 0.4) is 0 Å². The Kier molecular flexibility index (Phi) is 10.2. The lowest BCUT2D eigenvalue weighted by Gasteiger charge is -2.33. The highest BCUT2D eigenvalue weighted by molar-refractivity contribution is 6.36.